The Balaban J connectivity index is 1.45. The molecular weight excluding hydrogens is 362 g/mol. The Morgan fingerprint density at radius 3 is 2.74 bits per heavy atom. The SMILES string of the molecule is Cc1nccc(S(=O)(=O)C[C@H]2C[C@@H](N(C)c3ncnc4[nH]ccc34)C2)c1C. The van der Waals surface area contributed by atoms with Crippen LogP contribution in [0.5, 0.6) is 0 Å². The number of hydrogen-bond donors (Lipinski definition) is 1. The number of sulfone groups is 1. The van der Waals surface area contributed by atoms with Crippen LogP contribution in [0.4, 0.5) is 5.82 Å². The van der Waals surface area contributed by atoms with Gasteiger partial charge in [0.25, 0.3) is 0 Å². The highest BCUT2D eigenvalue weighted by Gasteiger charge is 2.36. The number of rotatable bonds is 5. The average molecular weight is 385 g/mol. The van der Waals surface area contributed by atoms with Crippen LogP contribution in [0.15, 0.2) is 35.7 Å². The Labute approximate surface area is 158 Å². The monoisotopic (exact) mass is 385 g/mol. The zero-order valence-electron chi connectivity index (χ0n) is 15.7. The molecule has 0 aliphatic heterocycles. The van der Waals surface area contributed by atoms with E-state index in [1.165, 1.54) is 0 Å². The maximum Gasteiger partial charge on any atom is 0.179 e. The first-order valence-electron chi connectivity index (χ1n) is 9.02. The van der Waals surface area contributed by atoms with Crippen molar-refractivity contribution in [3.63, 3.8) is 0 Å². The maximum atomic E-state index is 12.8. The molecular formula is C19H23N5O2S. The fraction of sp³-hybridized carbons (Fsp3) is 0.421. The van der Waals surface area contributed by atoms with Gasteiger partial charge in [0.1, 0.15) is 17.8 Å². The fourth-order valence-corrected chi connectivity index (χ4v) is 5.77. The normalized spacial score (nSPS) is 19.8. The van der Waals surface area contributed by atoms with E-state index in [1.807, 2.05) is 33.2 Å². The molecule has 27 heavy (non-hydrogen) atoms. The van der Waals surface area contributed by atoms with E-state index in [4.69, 9.17) is 0 Å². The number of aromatic amines is 1. The van der Waals surface area contributed by atoms with Gasteiger partial charge < -0.3 is 9.88 Å². The van der Waals surface area contributed by atoms with Gasteiger partial charge in [0.05, 0.1) is 16.0 Å². The number of anilines is 1. The summed E-state index contributed by atoms with van der Waals surface area (Å²) in [6, 6.07) is 3.87. The van der Waals surface area contributed by atoms with Crippen LogP contribution in [0.1, 0.15) is 24.1 Å². The number of pyridine rings is 1. The summed E-state index contributed by atoms with van der Waals surface area (Å²) in [5, 5.41) is 0.985. The van der Waals surface area contributed by atoms with E-state index in [0.29, 0.717) is 10.9 Å². The van der Waals surface area contributed by atoms with Gasteiger partial charge in [-0.05, 0) is 50.3 Å². The highest BCUT2D eigenvalue weighted by Crippen LogP contribution is 2.37. The lowest BCUT2D eigenvalue weighted by Crippen LogP contribution is -2.45. The Kier molecular flexibility index (Phi) is 4.38. The first-order valence-corrected chi connectivity index (χ1v) is 10.7. The zero-order chi connectivity index (χ0) is 19.2. The van der Waals surface area contributed by atoms with E-state index in [1.54, 1.807) is 18.6 Å². The molecule has 7 nitrogen and oxygen atoms in total. The predicted molar refractivity (Wildman–Crippen MR) is 105 cm³/mol. The number of hydrogen-bond acceptors (Lipinski definition) is 6. The average Bonchev–Trinajstić information content (AvgIpc) is 3.08. The summed E-state index contributed by atoms with van der Waals surface area (Å²) in [7, 11) is -1.29. The Morgan fingerprint density at radius 1 is 1.19 bits per heavy atom. The lowest BCUT2D eigenvalue weighted by atomic mass is 9.81. The largest absolute Gasteiger partial charge is 0.356 e. The summed E-state index contributed by atoms with van der Waals surface area (Å²) in [4.78, 5) is 18.5. The van der Waals surface area contributed by atoms with E-state index in [-0.39, 0.29) is 11.7 Å². The van der Waals surface area contributed by atoms with Crippen molar-refractivity contribution in [1.82, 2.24) is 19.9 Å². The van der Waals surface area contributed by atoms with Crippen LogP contribution in [-0.4, -0.2) is 47.2 Å². The van der Waals surface area contributed by atoms with Crippen LogP contribution in [0.25, 0.3) is 11.0 Å². The molecule has 3 heterocycles. The van der Waals surface area contributed by atoms with E-state index in [2.05, 4.69) is 24.8 Å². The van der Waals surface area contributed by atoms with Crippen LogP contribution in [-0.2, 0) is 9.84 Å². The number of nitrogens with one attached hydrogen (secondary N) is 1. The van der Waals surface area contributed by atoms with Crippen molar-refractivity contribution in [3.8, 4) is 0 Å². The van der Waals surface area contributed by atoms with Gasteiger partial charge in [0, 0.05) is 31.2 Å². The fourth-order valence-electron chi connectivity index (χ4n) is 3.82. The van der Waals surface area contributed by atoms with Crippen molar-refractivity contribution in [2.75, 3.05) is 17.7 Å². The molecule has 4 rings (SSSR count). The molecule has 8 heteroatoms. The molecule has 0 aromatic carbocycles. The van der Waals surface area contributed by atoms with Gasteiger partial charge in [0.15, 0.2) is 9.84 Å². The molecule has 0 atom stereocenters. The Bertz CT molecular complexity index is 1090. The second-order valence-corrected chi connectivity index (χ2v) is 9.34. The number of aryl methyl sites for hydroxylation is 1. The van der Waals surface area contributed by atoms with Crippen molar-refractivity contribution >= 4 is 26.7 Å². The van der Waals surface area contributed by atoms with Gasteiger partial charge >= 0.3 is 0 Å². The molecule has 1 aliphatic carbocycles. The first kappa shape index (κ1) is 17.9. The van der Waals surface area contributed by atoms with Gasteiger partial charge in [-0.3, -0.25) is 4.98 Å². The number of aromatic nitrogens is 4. The van der Waals surface area contributed by atoms with Crippen molar-refractivity contribution in [1.29, 1.82) is 0 Å². The summed E-state index contributed by atoms with van der Waals surface area (Å²) in [5.74, 6) is 1.23. The molecule has 1 saturated carbocycles. The molecule has 1 aliphatic rings. The van der Waals surface area contributed by atoms with Crippen molar-refractivity contribution in [2.45, 2.75) is 37.6 Å². The predicted octanol–water partition coefficient (Wildman–Crippen LogP) is 2.66. The first-order chi connectivity index (χ1) is 12.9. The molecule has 3 aromatic heterocycles. The summed E-state index contributed by atoms with van der Waals surface area (Å²) in [6.07, 6.45) is 6.67. The molecule has 0 radical (unpaired) electrons. The van der Waals surface area contributed by atoms with Crippen LogP contribution in [0, 0.1) is 19.8 Å². The van der Waals surface area contributed by atoms with E-state index in [0.717, 1.165) is 41.0 Å². The van der Waals surface area contributed by atoms with Gasteiger partial charge in [-0.15, -0.1) is 0 Å². The second-order valence-electron chi connectivity index (χ2n) is 7.34. The molecule has 0 spiro atoms. The van der Waals surface area contributed by atoms with Crippen LogP contribution in [0.2, 0.25) is 0 Å². The lowest BCUT2D eigenvalue weighted by Gasteiger charge is -2.41. The van der Waals surface area contributed by atoms with Crippen molar-refractivity contribution in [3.05, 3.63) is 42.1 Å². The number of nitrogens with zero attached hydrogens (tertiary/aromatic N) is 4. The van der Waals surface area contributed by atoms with Gasteiger partial charge in [0.2, 0.25) is 0 Å². The molecule has 0 bridgehead atoms. The van der Waals surface area contributed by atoms with E-state index >= 15 is 0 Å². The lowest BCUT2D eigenvalue weighted by molar-refractivity contribution is 0.282. The van der Waals surface area contributed by atoms with Gasteiger partial charge in [-0.2, -0.15) is 0 Å². The van der Waals surface area contributed by atoms with Crippen LogP contribution >= 0.6 is 0 Å². The molecule has 0 unspecified atom stereocenters. The molecule has 1 N–H and O–H groups in total. The van der Waals surface area contributed by atoms with Gasteiger partial charge in [-0.25, -0.2) is 18.4 Å². The summed E-state index contributed by atoms with van der Waals surface area (Å²) < 4.78 is 25.7. The highest BCUT2D eigenvalue weighted by molar-refractivity contribution is 7.91. The quantitative estimate of drug-likeness (QED) is 0.726. The summed E-state index contributed by atoms with van der Waals surface area (Å²) in [6.45, 7) is 3.66. The van der Waals surface area contributed by atoms with E-state index < -0.39 is 9.84 Å². The van der Waals surface area contributed by atoms with Crippen molar-refractivity contribution in [2.24, 2.45) is 5.92 Å². The van der Waals surface area contributed by atoms with Crippen LogP contribution in [0.3, 0.4) is 0 Å². The Morgan fingerprint density at radius 2 is 1.96 bits per heavy atom. The van der Waals surface area contributed by atoms with Crippen LogP contribution < -0.4 is 4.90 Å². The summed E-state index contributed by atoms with van der Waals surface area (Å²) in [5.41, 5.74) is 2.33. The zero-order valence-corrected chi connectivity index (χ0v) is 16.5. The molecule has 0 saturated heterocycles. The van der Waals surface area contributed by atoms with Crippen molar-refractivity contribution < 1.29 is 8.42 Å². The summed E-state index contributed by atoms with van der Waals surface area (Å²) >= 11 is 0. The molecule has 1 fully saturated rings. The number of fused-ring (bicyclic) bond motifs is 1. The maximum absolute atomic E-state index is 12.8. The topological polar surface area (TPSA) is 91.8 Å². The van der Waals surface area contributed by atoms with E-state index in [9.17, 15) is 8.42 Å². The van der Waals surface area contributed by atoms with Gasteiger partial charge in [-0.1, -0.05) is 0 Å². The minimum atomic E-state index is -3.30. The Hall–Kier alpha value is -2.48. The third-order valence-electron chi connectivity index (χ3n) is 5.62. The molecule has 0 amide bonds. The molecule has 3 aromatic rings. The minimum absolute atomic E-state index is 0.166. The standard InChI is InChI=1S/C19H23N5O2S/c1-12-13(2)20-7-5-17(12)27(25,26)10-14-8-15(9-14)24(3)19-16-4-6-21-18(16)22-11-23-19/h4-7,11,14-15H,8-10H2,1-3H3,(H,21,22,23)/t14-,15+. The third kappa shape index (κ3) is 3.18. The smallest absolute Gasteiger partial charge is 0.179 e. The molecule has 142 valence electrons. The highest BCUT2D eigenvalue weighted by atomic mass is 32.2. The minimum Gasteiger partial charge on any atom is -0.356 e. The third-order valence-corrected chi connectivity index (χ3v) is 7.64. The second kappa shape index (κ2) is 6.60. The number of H-pyrrole nitrogens is 1.